The van der Waals surface area contributed by atoms with Crippen molar-refractivity contribution in [3.05, 3.63) is 77.9 Å². The molecule has 0 atom stereocenters. The molecule has 6 nitrogen and oxygen atoms in total. The van der Waals surface area contributed by atoms with E-state index in [0.717, 1.165) is 29.2 Å². The van der Waals surface area contributed by atoms with Gasteiger partial charge < -0.3 is 10.6 Å². The molecule has 160 valence electrons. The highest BCUT2D eigenvalue weighted by Crippen LogP contribution is 2.29. The lowest BCUT2D eigenvalue weighted by Gasteiger charge is -2.13. The number of rotatable bonds is 6. The largest absolute Gasteiger partial charge is 0.416 e. The molecule has 30 heavy (non-hydrogen) atoms. The second-order valence-electron chi connectivity index (χ2n) is 6.25. The summed E-state index contributed by atoms with van der Waals surface area (Å²) in [5.41, 5.74) is 1.12. The van der Waals surface area contributed by atoms with Gasteiger partial charge in [0.15, 0.2) is 11.8 Å². The number of halogens is 4. The van der Waals surface area contributed by atoms with Gasteiger partial charge in [-0.15, -0.1) is 34.2 Å². The monoisotopic (exact) mass is 530 g/mol. The Morgan fingerprint density at radius 3 is 2.37 bits per heavy atom. The van der Waals surface area contributed by atoms with E-state index < -0.39 is 11.7 Å². The third-order valence-electron chi connectivity index (χ3n) is 4.28. The Balaban J connectivity index is 0.00000320. The number of benzene rings is 2. The molecule has 10 heteroatoms. The van der Waals surface area contributed by atoms with Gasteiger partial charge in [-0.05, 0) is 36.2 Å². The van der Waals surface area contributed by atoms with Gasteiger partial charge in [-0.3, -0.25) is 9.56 Å². The van der Waals surface area contributed by atoms with E-state index in [4.69, 9.17) is 0 Å². The van der Waals surface area contributed by atoms with Crippen LogP contribution in [0.1, 0.15) is 17.0 Å². The van der Waals surface area contributed by atoms with Crippen molar-refractivity contribution < 1.29 is 13.2 Å². The fourth-order valence-corrected chi connectivity index (χ4v) is 2.75. The van der Waals surface area contributed by atoms with Gasteiger partial charge in [0.25, 0.3) is 0 Å². The second kappa shape index (κ2) is 11.0. The molecular weight excluding hydrogens is 508 g/mol. The van der Waals surface area contributed by atoms with Crippen LogP contribution in [0.2, 0.25) is 0 Å². The average Bonchev–Trinajstić information content (AvgIpc) is 3.19. The van der Waals surface area contributed by atoms with Crippen LogP contribution in [0.4, 0.5) is 13.2 Å². The van der Waals surface area contributed by atoms with E-state index in [1.807, 2.05) is 34.9 Å². The second-order valence-corrected chi connectivity index (χ2v) is 6.25. The van der Waals surface area contributed by atoms with E-state index in [0.29, 0.717) is 25.5 Å². The Labute approximate surface area is 189 Å². The van der Waals surface area contributed by atoms with Crippen molar-refractivity contribution in [2.24, 2.45) is 4.99 Å². The first kappa shape index (κ1) is 23.6. The number of guanidine groups is 1. The van der Waals surface area contributed by atoms with Gasteiger partial charge in [0, 0.05) is 19.3 Å². The highest BCUT2D eigenvalue weighted by atomic mass is 127. The van der Waals surface area contributed by atoms with Gasteiger partial charge in [-0.2, -0.15) is 13.2 Å². The summed E-state index contributed by atoms with van der Waals surface area (Å²) >= 11 is 0. The van der Waals surface area contributed by atoms with Crippen molar-refractivity contribution in [3.8, 4) is 5.69 Å². The minimum absolute atomic E-state index is 0. The molecule has 0 aliphatic heterocycles. The summed E-state index contributed by atoms with van der Waals surface area (Å²) < 4.78 is 39.7. The fraction of sp³-hybridized carbons (Fsp3) is 0.250. The van der Waals surface area contributed by atoms with Gasteiger partial charge in [0.2, 0.25) is 0 Å². The summed E-state index contributed by atoms with van der Waals surface area (Å²) in [6.07, 6.45) is -2.10. The number of nitrogens with one attached hydrogen (secondary N) is 2. The normalized spacial score (nSPS) is 11.7. The zero-order valence-electron chi connectivity index (χ0n) is 16.2. The van der Waals surface area contributed by atoms with Gasteiger partial charge in [0.05, 0.1) is 12.1 Å². The molecule has 0 saturated heterocycles. The Kier molecular flexibility index (Phi) is 8.63. The van der Waals surface area contributed by atoms with Gasteiger partial charge >= 0.3 is 6.18 Å². The van der Waals surface area contributed by atoms with Crippen molar-refractivity contribution in [3.63, 3.8) is 0 Å². The molecule has 0 fully saturated rings. The van der Waals surface area contributed by atoms with Gasteiger partial charge in [-0.25, -0.2) is 0 Å². The molecule has 2 N–H and O–H groups in total. The van der Waals surface area contributed by atoms with E-state index in [2.05, 4.69) is 25.8 Å². The fourth-order valence-electron chi connectivity index (χ4n) is 2.75. The smallest absolute Gasteiger partial charge is 0.356 e. The SMILES string of the molecule is CN=C(NCCc1ccc(C(F)(F)F)cc1)NCc1nncn1-c1ccccc1.I. The molecule has 0 spiro atoms. The van der Waals surface area contributed by atoms with Crippen LogP contribution in [0.5, 0.6) is 0 Å². The third kappa shape index (κ3) is 6.44. The molecular formula is C20H22F3IN6. The van der Waals surface area contributed by atoms with Crippen LogP contribution in [0.3, 0.4) is 0 Å². The number of para-hydroxylation sites is 1. The van der Waals surface area contributed by atoms with E-state index in [-0.39, 0.29) is 24.0 Å². The van der Waals surface area contributed by atoms with Gasteiger partial charge in [0.1, 0.15) is 6.33 Å². The summed E-state index contributed by atoms with van der Waals surface area (Å²) in [7, 11) is 1.65. The van der Waals surface area contributed by atoms with Crippen molar-refractivity contribution in [2.75, 3.05) is 13.6 Å². The predicted octanol–water partition coefficient (Wildman–Crippen LogP) is 3.81. The van der Waals surface area contributed by atoms with E-state index in [9.17, 15) is 13.2 Å². The number of alkyl halides is 3. The van der Waals surface area contributed by atoms with Crippen molar-refractivity contribution >= 4 is 29.9 Å². The summed E-state index contributed by atoms with van der Waals surface area (Å²) in [5, 5.41) is 14.4. The molecule has 1 aromatic heterocycles. The quantitative estimate of drug-likeness (QED) is 0.289. The molecule has 3 rings (SSSR count). The number of aromatic nitrogens is 3. The first-order chi connectivity index (χ1) is 14.0. The Hall–Kier alpha value is -2.63. The van der Waals surface area contributed by atoms with Crippen LogP contribution in [-0.4, -0.2) is 34.3 Å². The zero-order chi connectivity index (χ0) is 20.7. The van der Waals surface area contributed by atoms with Gasteiger partial charge in [-0.1, -0.05) is 30.3 Å². The minimum Gasteiger partial charge on any atom is -0.356 e. The van der Waals surface area contributed by atoms with Crippen molar-refractivity contribution in [1.29, 1.82) is 0 Å². The molecule has 0 amide bonds. The standard InChI is InChI=1S/C20H21F3N6.HI/c1-24-19(25-12-11-15-7-9-16(10-8-15)20(21,22)23)26-13-18-28-27-14-29(18)17-5-3-2-4-6-17;/h2-10,14H,11-13H2,1H3,(H2,24,25,26);1H. The van der Waals surface area contributed by atoms with Crippen LogP contribution in [-0.2, 0) is 19.1 Å². The topological polar surface area (TPSA) is 67.1 Å². The summed E-state index contributed by atoms with van der Waals surface area (Å²) in [5.74, 6) is 1.29. The van der Waals surface area contributed by atoms with E-state index in [1.165, 1.54) is 12.1 Å². The molecule has 0 saturated carbocycles. The van der Waals surface area contributed by atoms with E-state index in [1.54, 1.807) is 13.4 Å². The number of aliphatic imine (C=N–C) groups is 1. The molecule has 0 unspecified atom stereocenters. The maximum absolute atomic E-state index is 12.6. The molecule has 1 heterocycles. The summed E-state index contributed by atoms with van der Waals surface area (Å²) in [6, 6.07) is 14.9. The lowest BCUT2D eigenvalue weighted by Crippen LogP contribution is -2.38. The predicted molar refractivity (Wildman–Crippen MR) is 120 cm³/mol. The summed E-state index contributed by atoms with van der Waals surface area (Å²) in [4.78, 5) is 4.16. The number of nitrogens with zero attached hydrogens (tertiary/aromatic N) is 4. The Morgan fingerprint density at radius 1 is 1.03 bits per heavy atom. The lowest BCUT2D eigenvalue weighted by molar-refractivity contribution is -0.137. The number of hydrogen-bond acceptors (Lipinski definition) is 3. The molecule has 0 bridgehead atoms. The van der Waals surface area contributed by atoms with E-state index >= 15 is 0 Å². The molecule has 2 aromatic carbocycles. The Morgan fingerprint density at radius 2 is 1.73 bits per heavy atom. The van der Waals surface area contributed by atoms with Crippen molar-refractivity contribution in [1.82, 2.24) is 25.4 Å². The zero-order valence-corrected chi connectivity index (χ0v) is 18.6. The minimum atomic E-state index is -4.32. The number of hydrogen-bond donors (Lipinski definition) is 2. The van der Waals surface area contributed by atoms with Crippen LogP contribution >= 0.6 is 24.0 Å². The maximum Gasteiger partial charge on any atom is 0.416 e. The van der Waals surface area contributed by atoms with Crippen LogP contribution in [0, 0.1) is 0 Å². The highest BCUT2D eigenvalue weighted by Gasteiger charge is 2.29. The molecule has 0 aliphatic carbocycles. The lowest BCUT2D eigenvalue weighted by atomic mass is 10.1. The van der Waals surface area contributed by atoms with Crippen LogP contribution in [0.25, 0.3) is 5.69 Å². The summed E-state index contributed by atoms with van der Waals surface area (Å²) in [6.45, 7) is 0.936. The van der Waals surface area contributed by atoms with Crippen LogP contribution < -0.4 is 10.6 Å². The first-order valence-electron chi connectivity index (χ1n) is 9.02. The third-order valence-corrected chi connectivity index (χ3v) is 4.28. The maximum atomic E-state index is 12.6. The molecule has 0 radical (unpaired) electrons. The highest BCUT2D eigenvalue weighted by molar-refractivity contribution is 14.0. The average molecular weight is 530 g/mol. The molecule has 0 aliphatic rings. The molecule has 3 aromatic rings. The van der Waals surface area contributed by atoms with Crippen LogP contribution in [0.15, 0.2) is 65.9 Å². The van der Waals surface area contributed by atoms with Crippen molar-refractivity contribution in [2.45, 2.75) is 19.1 Å². The Bertz CT molecular complexity index is 939. The first-order valence-corrected chi connectivity index (χ1v) is 9.02.